The number of likely N-dealkylation sites (tertiary alicyclic amines) is 1. The molecule has 1 fully saturated rings. The quantitative estimate of drug-likeness (QED) is 0.797. The minimum atomic E-state index is -0.204. The summed E-state index contributed by atoms with van der Waals surface area (Å²) in [6.07, 6.45) is 1.13. The van der Waals surface area contributed by atoms with Crippen LogP contribution in [0.3, 0.4) is 0 Å². The van der Waals surface area contributed by atoms with E-state index in [0.717, 1.165) is 19.5 Å². The average molecular weight is 272 g/mol. The number of aliphatic hydroxyl groups excluding tert-OH is 1. The molecule has 0 saturated carbocycles. The van der Waals surface area contributed by atoms with Crippen LogP contribution in [0.4, 0.5) is 0 Å². The molecule has 1 aromatic rings. The number of aliphatic hydroxyl groups is 1. The fourth-order valence-electron chi connectivity index (χ4n) is 2.45. The van der Waals surface area contributed by atoms with Gasteiger partial charge in [-0.3, -0.25) is 4.79 Å². The van der Waals surface area contributed by atoms with Crippen LogP contribution in [0.2, 0.25) is 0 Å². The van der Waals surface area contributed by atoms with E-state index < -0.39 is 0 Å². The van der Waals surface area contributed by atoms with Crippen molar-refractivity contribution in [2.24, 2.45) is 5.92 Å². The first-order valence-corrected chi connectivity index (χ1v) is 6.86. The van der Waals surface area contributed by atoms with Crippen LogP contribution in [0.1, 0.15) is 22.3 Å². The smallest absolute Gasteiger partial charge is 0.252 e. The zero-order valence-electron chi connectivity index (χ0n) is 11.7. The third kappa shape index (κ3) is 3.83. The number of hydrogen-bond acceptors (Lipinski definition) is 3. The van der Waals surface area contributed by atoms with Crippen molar-refractivity contribution >= 4 is 5.91 Å². The van der Waals surface area contributed by atoms with Crippen LogP contribution in [0.25, 0.3) is 0 Å². The molecule has 0 aliphatic carbocycles. The summed E-state index contributed by atoms with van der Waals surface area (Å²) in [7, 11) is 2.10. The highest BCUT2D eigenvalue weighted by Crippen LogP contribution is 2.13. The van der Waals surface area contributed by atoms with Gasteiger partial charge in [0.15, 0.2) is 0 Å². The fraction of sp³-hybridized carbons (Fsp3) is 0.438. The zero-order chi connectivity index (χ0) is 14.4. The van der Waals surface area contributed by atoms with Crippen molar-refractivity contribution in [3.05, 3.63) is 35.4 Å². The third-order valence-corrected chi connectivity index (χ3v) is 3.51. The van der Waals surface area contributed by atoms with Crippen LogP contribution >= 0.6 is 0 Å². The Labute approximate surface area is 119 Å². The Morgan fingerprint density at radius 2 is 2.30 bits per heavy atom. The maximum absolute atomic E-state index is 12.2. The van der Waals surface area contributed by atoms with E-state index in [9.17, 15) is 4.79 Å². The van der Waals surface area contributed by atoms with Gasteiger partial charge >= 0.3 is 0 Å². The molecule has 1 unspecified atom stereocenters. The van der Waals surface area contributed by atoms with E-state index in [0.29, 0.717) is 23.6 Å². The summed E-state index contributed by atoms with van der Waals surface area (Å²) in [6.45, 7) is 2.63. The van der Waals surface area contributed by atoms with Gasteiger partial charge in [0.2, 0.25) is 0 Å². The number of nitrogens with one attached hydrogen (secondary N) is 1. The molecule has 4 heteroatoms. The molecule has 1 saturated heterocycles. The summed E-state index contributed by atoms with van der Waals surface area (Å²) >= 11 is 0. The van der Waals surface area contributed by atoms with Crippen LogP contribution in [0.5, 0.6) is 0 Å². The van der Waals surface area contributed by atoms with Gasteiger partial charge in [0, 0.05) is 18.7 Å². The van der Waals surface area contributed by atoms with Crippen molar-refractivity contribution in [3.63, 3.8) is 0 Å². The Kier molecular flexibility index (Phi) is 5.16. The van der Waals surface area contributed by atoms with E-state index in [1.807, 2.05) is 12.1 Å². The lowest BCUT2D eigenvalue weighted by atomic mass is 10.1. The number of hydrogen-bond donors (Lipinski definition) is 2. The minimum Gasteiger partial charge on any atom is -0.384 e. The molecular weight excluding hydrogens is 252 g/mol. The van der Waals surface area contributed by atoms with Crippen LogP contribution in [0.15, 0.2) is 24.3 Å². The van der Waals surface area contributed by atoms with Gasteiger partial charge in [0.1, 0.15) is 6.61 Å². The first kappa shape index (κ1) is 14.6. The summed E-state index contributed by atoms with van der Waals surface area (Å²) in [6, 6.07) is 7.21. The van der Waals surface area contributed by atoms with Gasteiger partial charge in [0.25, 0.3) is 5.91 Å². The molecule has 106 valence electrons. The maximum atomic E-state index is 12.2. The first-order valence-electron chi connectivity index (χ1n) is 6.86. The molecule has 1 aliphatic heterocycles. The van der Waals surface area contributed by atoms with Gasteiger partial charge in [0.05, 0.1) is 5.56 Å². The van der Waals surface area contributed by atoms with Crippen molar-refractivity contribution < 1.29 is 9.90 Å². The fourth-order valence-corrected chi connectivity index (χ4v) is 2.45. The number of carbonyl (C=O) groups is 1. The Morgan fingerprint density at radius 3 is 3.00 bits per heavy atom. The van der Waals surface area contributed by atoms with Crippen LogP contribution < -0.4 is 5.32 Å². The second kappa shape index (κ2) is 7.09. The van der Waals surface area contributed by atoms with E-state index in [-0.39, 0.29) is 12.5 Å². The number of carbonyl (C=O) groups excluding carboxylic acids is 1. The highest BCUT2D eigenvalue weighted by molar-refractivity contribution is 5.96. The molecule has 20 heavy (non-hydrogen) atoms. The Balaban J connectivity index is 1.98. The Bertz CT molecular complexity index is 531. The molecule has 2 rings (SSSR count). The number of nitrogens with zero attached hydrogens (tertiary/aromatic N) is 1. The van der Waals surface area contributed by atoms with Gasteiger partial charge in [-0.25, -0.2) is 0 Å². The molecule has 1 heterocycles. The van der Waals surface area contributed by atoms with Crippen molar-refractivity contribution in [3.8, 4) is 11.8 Å². The second-order valence-electron chi connectivity index (χ2n) is 5.13. The lowest BCUT2D eigenvalue weighted by Crippen LogP contribution is -2.30. The summed E-state index contributed by atoms with van der Waals surface area (Å²) in [5.41, 5.74) is 1.22. The Morgan fingerprint density at radius 1 is 1.50 bits per heavy atom. The highest BCUT2D eigenvalue weighted by atomic mass is 16.2. The summed E-state index contributed by atoms with van der Waals surface area (Å²) in [4.78, 5) is 14.5. The van der Waals surface area contributed by atoms with Crippen LogP contribution in [0, 0.1) is 17.8 Å². The maximum Gasteiger partial charge on any atom is 0.252 e. The Hall–Kier alpha value is -1.83. The summed E-state index contributed by atoms with van der Waals surface area (Å²) < 4.78 is 0. The van der Waals surface area contributed by atoms with E-state index in [2.05, 4.69) is 29.1 Å². The van der Waals surface area contributed by atoms with E-state index in [1.165, 1.54) is 0 Å². The van der Waals surface area contributed by atoms with Gasteiger partial charge in [-0.2, -0.15) is 0 Å². The van der Waals surface area contributed by atoms with Crippen LogP contribution in [-0.2, 0) is 0 Å². The van der Waals surface area contributed by atoms with E-state index in [1.54, 1.807) is 12.1 Å². The van der Waals surface area contributed by atoms with Gasteiger partial charge < -0.3 is 15.3 Å². The molecule has 1 aromatic carbocycles. The molecule has 2 N–H and O–H groups in total. The van der Waals surface area contributed by atoms with Crippen LogP contribution in [-0.4, -0.2) is 49.2 Å². The van der Waals surface area contributed by atoms with Gasteiger partial charge in [-0.05, 0) is 38.1 Å². The SMILES string of the molecule is CN1CCC(CNC(=O)c2ccccc2C#CCO)C1. The molecule has 0 radical (unpaired) electrons. The molecule has 1 amide bonds. The number of amides is 1. The largest absolute Gasteiger partial charge is 0.384 e. The minimum absolute atomic E-state index is 0.0950. The lowest BCUT2D eigenvalue weighted by molar-refractivity contribution is 0.0947. The van der Waals surface area contributed by atoms with Crippen molar-refractivity contribution in [2.45, 2.75) is 6.42 Å². The van der Waals surface area contributed by atoms with Crippen molar-refractivity contribution in [1.29, 1.82) is 0 Å². The molecule has 4 nitrogen and oxygen atoms in total. The normalized spacial score (nSPS) is 18.4. The standard InChI is InChI=1S/C16H20N2O2/c1-18-9-8-13(12-18)11-17-16(20)15-7-3-2-5-14(15)6-4-10-19/h2-3,5,7,13,19H,8-12H2,1H3,(H,17,20). The molecule has 0 bridgehead atoms. The molecular formula is C16H20N2O2. The van der Waals surface area contributed by atoms with E-state index in [4.69, 9.17) is 5.11 Å². The first-order chi connectivity index (χ1) is 9.70. The highest BCUT2D eigenvalue weighted by Gasteiger charge is 2.20. The topological polar surface area (TPSA) is 52.6 Å². The lowest BCUT2D eigenvalue weighted by Gasteiger charge is -2.12. The van der Waals surface area contributed by atoms with Gasteiger partial charge in [-0.1, -0.05) is 24.0 Å². The zero-order valence-corrected chi connectivity index (χ0v) is 11.7. The third-order valence-electron chi connectivity index (χ3n) is 3.51. The van der Waals surface area contributed by atoms with Crippen molar-refractivity contribution in [2.75, 3.05) is 33.3 Å². The van der Waals surface area contributed by atoms with Crippen molar-refractivity contribution in [1.82, 2.24) is 10.2 Å². The molecule has 1 aliphatic rings. The molecule has 0 spiro atoms. The number of rotatable bonds is 3. The number of benzene rings is 1. The molecule has 0 aromatic heterocycles. The van der Waals surface area contributed by atoms with E-state index >= 15 is 0 Å². The molecule has 1 atom stereocenters. The predicted octanol–water partition coefficient (Wildman–Crippen LogP) is 0.712. The summed E-state index contributed by atoms with van der Waals surface area (Å²) in [5, 5.41) is 11.7. The monoisotopic (exact) mass is 272 g/mol. The average Bonchev–Trinajstić information content (AvgIpc) is 2.88. The predicted molar refractivity (Wildman–Crippen MR) is 78.3 cm³/mol. The second-order valence-corrected chi connectivity index (χ2v) is 5.13. The summed E-state index contributed by atoms with van der Waals surface area (Å²) in [5.74, 6) is 5.82. The van der Waals surface area contributed by atoms with Gasteiger partial charge in [-0.15, -0.1) is 0 Å².